The highest BCUT2D eigenvalue weighted by atomic mass is 79.9. The number of nitrogens with one attached hydrogen (secondary N) is 1. The Morgan fingerprint density at radius 3 is 2.57 bits per heavy atom. The van der Waals surface area contributed by atoms with Crippen LogP contribution >= 0.6 is 15.9 Å². The molecule has 1 heterocycles. The van der Waals surface area contributed by atoms with E-state index in [-0.39, 0.29) is 40.2 Å². The number of hydrogen-bond donors (Lipinski definition) is 1. The van der Waals surface area contributed by atoms with Gasteiger partial charge in [-0.15, -0.1) is 0 Å². The maximum Gasteiger partial charge on any atom is 0.342 e. The van der Waals surface area contributed by atoms with Gasteiger partial charge < -0.3 is 9.15 Å². The van der Waals surface area contributed by atoms with Crippen LogP contribution in [0.2, 0.25) is 0 Å². The first-order chi connectivity index (χ1) is 13.1. The third-order valence-electron chi connectivity index (χ3n) is 3.73. The second-order valence-corrected chi connectivity index (χ2v) is 8.46. The van der Waals surface area contributed by atoms with Gasteiger partial charge in [0.25, 0.3) is 0 Å². The first-order valence-electron chi connectivity index (χ1n) is 7.97. The Labute approximate surface area is 167 Å². The molecule has 1 aromatic heterocycles. The molecule has 0 radical (unpaired) electrons. The van der Waals surface area contributed by atoms with Gasteiger partial charge in [-0.1, -0.05) is 0 Å². The van der Waals surface area contributed by atoms with E-state index in [4.69, 9.17) is 9.15 Å². The second kappa shape index (κ2) is 7.51. The van der Waals surface area contributed by atoms with Crippen molar-refractivity contribution in [3.05, 3.63) is 52.0 Å². The normalized spacial score (nSPS) is 11.6. The number of fused-ring (bicyclic) bond motifs is 1. The molecule has 0 bridgehead atoms. The van der Waals surface area contributed by atoms with Gasteiger partial charge in [0.1, 0.15) is 22.8 Å². The third kappa shape index (κ3) is 4.02. The molecule has 0 unspecified atom stereocenters. The van der Waals surface area contributed by atoms with Crippen molar-refractivity contribution in [1.82, 2.24) is 0 Å². The average molecular weight is 474 g/mol. The Morgan fingerprint density at radius 2 is 1.96 bits per heavy atom. The lowest BCUT2D eigenvalue weighted by Gasteiger charge is -2.07. The maximum absolute atomic E-state index is 14.3. The van der Waals surface area contributed by atoms with Gasteiger partial charge in [-0.2, -0.15) is 0 Å². The molecule has 28 heavy (non-hydrogen) atoms. The zero-order valence-corrected chi connectivity index (χ0v) is 17.1. The van der Waals surface area contributed by atoms with Gasteiger partial charge in [0.15, 0.2) is 5.76 Å². The molecule has 3 rings (SSSR count). The molecule has 0 spiro atoms. The highest BCUT2D eigenvalue weighted by molar-refractivity contribution is 9.10. The van der Waals surface area contributed by atoms with Crippen molar-refractivity contribution in [1.29, 1.82) is 0 Å². The molecule has 148 valence electrons. The van der Waals surface area contributed by atoms with Crippen molar-refractivity contribution in [3.8, 4) is 11.3 Å². The fourth-order valence-electron chi connectivity index (χ4n) is 2.66. The van der Waals surface area contributed by atoms with Crippen LogP contribution < -0.4 is 4.72 Å². The summed E-state index contributed by atoms with van der Waals surface area (Å²) in [5, 5.41) is 0.281. The Hall–Kier alpha value is -2.46. The van der Waals surface area contributed by atoms with Crippen molar-refractivity contribution in [2.24, 2.45) is 0 Å². The van der Waals surface area contributed by atoms with E-state index >= 15 is 0 Å². The van der Waals surface area contributed by atoms with Crippen LogP contribution in [0.5, 0.6) is 0 Å². The van der Waals surface area contributed by atoms with Crippen molar-refractivity contribution in [3.63, 3.8) is 0 Å². The zero-order valence-electron chi connectivity index (χ0n) is 14.7. The fourth-order valence-corrected chi connectivity index (χ4v) is 3.81. The molecule has 0 saturated carbocycles. The number of sulfonamides is 1. The van der Waals surface area contributed by atoms with Gasteiger partial charge in [0, 0.05) is 22.0 Å². The smallest absolute Gasteiger partial charge is 0.342 e. The van der Waals surface area contributed by atoms with Gasteiger partial charge in [-0.25, -0.2) is 22.0 Å². The molecule has 0 amide bonds. The minimum atomic E-state index is -3.58. The van der Waals surface area contributed by atoms with Crippen molar-refractivity contribution >= 4 is 48.6 Å². The van der Waals surface area contributed by atoms with Gasteiger partial charge in [-0.05, 0) is 41.1 Å². The number of ether oxygens (including phenoxy) is 1. The summed E-state index contributed by atoms with van der Waals surface area (Å²) in [5.41, 5.74) is 0.116. The molecule has 10 heteroatoms. The predicted octanol–water partition coefficient (Wildman–Crippen LogP) is 4.69. The van der Waals surface area contributed by atoms with E-state index in [9.17, 15) is 22.0 Å². The number of anilines is 1. The molecule has 6 nitrogen and oxygen atoms in total. The third-order valence-corrected chi connectivity index (χ3v) is 4.98. The van der Waals surface area contributed by atoms with Gasteiger partial charge in [0.2, 0.25) is 10.0 Å². The summed E-state index contributed by atoms with van der Waals surface area (Å²) in [6, 6.07) is 5.67. The van der Waals surface area contributed by atoms with Crippen LogP contribution in [0.1, 0.15) is 17.3 Å². The number of esters is 1. The van der Waals surface area contributed by atoms with Gasteiger partial charge in [-0.3, -0.25) is 4.72 Å². The monoisotopic (exact) mass is 473 g/mol. The molecule has 0 aliphatic heterocycles. The van der Waals surface area contributed by atoms with E-state index in [2.05, 4.69) is 20.7 Å². The van der Waals surface area contributed by atoms with Crippen molar-refractivity contribution in [2.45, 2.75) is 6.92 Å². The minimum Gasteiger partial charge on any atom is -0.462 e. The molecule has 2 aromatic carbocycles. The lowest BCUT2D eigenvalue weighted by Crippen LogP contribution is -2.10. The molecule has 0 aliphatic carbocycles. The quantitative estimate of drug-likeness (QED) is 0.543. The van der Waals surface area contributed by atoms with Crippen LogP contribution in [0.3, 0.4) is 0 Å². The Kier molecular flexibility index (Phi) is 5.44. The van der Waals surface area contributed by atoms with Crippen LogP contribution in [0, 0.1) is 11.6 Å². The van der Waals surface area contributed by atoms with Gasteiger partial charge >= 0.3 is 5.97 Å². The number of carbonyl (C=O) groups is 1. The molecule has 3 aromatic rings. The van der Waals surface area contributed by atoms with E-state index in [1.54, 1.807) is 6.92 Å². The average Bonchev–Trinajstić information content (AvgIpc) is 2.92. The largest absolute Gasteiger partial charge is 0.462 e. The Morgan fingerprint density at radius 1 is 1.25 bits per heavy atom. The maximum atomic E-state index is 14.3. The second-order valence-electron chi connectivity index (χ2n) is 5.85. The number of halogens is 3. The molecular formula is C18H14BrF2NO5S. The number of furan rings is 1. The SMILES string of the molecule is CCOC(=O)c1c(-c2ccc(F)cc2F)oc2cc(NS(C)(=O)=O)c(Br)cc12. The topological polar surface area (TPSA) is 85.6 Å². The minimum absolute atomic E-state index is 0.0473. The molecular weight excluding hydrogens is 460 g/mol. The number of carbonyl (C=O) groups excluding carboxylic acids is 1. The van der Waals surface area contributed by atoms with Crippen LogP contribution in [-0.2, 0) is 14.8 Å². The highest BCUT2D eigenvalue weighted by Crippen LogP contribution is 2.39. The van der Waals surface area contributed by atoms with Gasteiger partial charge in [0.05, 0.1) is 24.1 Å². The summed E-state index contributed by atoms with van der Waals surface area (Å²) in [7, 11) is -3.58. The summed E-state index contributed by atoms with van der Waals surface area (Å²) in [4.78, 5) is 12.5. The number of benzene rings is 2. The van der Waals surface area contributed by atoms with E-state index < -0.39 is 27.6 Å². The van der Waals surface area contributed by atoms with E-state index in [1.165, 1.54) is 12.1 Å². The predicted molar refractivity (Wildman–Crippen MR) is 104 cm³/mol. The molecule has 0 saturated heterocycles. The fraction of sp³-hybridized carbons (Fsp3) is 0.167. The highest BCUT2D eigenvalue weighted by Gasteiger charge is 2.26. The number of rotatable bonds is 5. The number of hydrogen-bond acceptors (Lipinski definition) is 5. The van der Waals surface area contributed by atoms with Crippen LogP contribution in [0.25, 0.3) is 22.3 Å². The summed E-state index contributed by atoms with van der Waals surface area (Å²) >= 11 is 3.24. The zero-order chi connectivity index (χ0) is 20.6. The van der Waals surface area contributed by atoms with E-state index in [1.807, 2.05) is 0 Å². The molecule has 0 atom stereocenters. The summed E-state index contributed by atoms with van der Waals surface area (Å²) in [5.74, 6) is -2.60. The standard InChI is InChI=1S/C18H14BrF2NO5S/c1-3-26-18(23)16-11-7-12(19)14(22-28(2,24)25)8-15(11)27-17(16)10-5-4-9(20)6-13(10)21/h4-8,22H,3H2,1-2H3. The first kappa shape index (κ1) is 20.3. The van der Waals surface area contributed by atoms with Crippen LogP contribution in [0.15, 0.2) is 39.2 Å². The summed E-state index contributed by atoms with van der Waals surface area (Å²) in [6.45, 7) is 1.69. The lowest BCUT2D eigenvalue weighted by atomic mass is 10.0. The lowest BCUT2D eigenvalue weighted by molar-refractivity contribution is 0.0528. The molecule has 0 fully saturated rings. The molecule has 1 N–H and O–H groups in total. The first-order valence-corrected chi connectivity index (χ1v) is 10.7. The van der Waals surface area contributed by atoms with Crippen molar-refractivity contribution < 1.29 is 31.1 Å². The van der Waals surface area contributed by atoms with Crippen molar-refractivity contribution in [2.75, 3.05) is 17.6 Å². The van der Waals surface area contributed by atoms with E-state index in [0.717, 1.165) is 18.4 Å². The Balaban J connectivity index is 2.30. The Bertz CT molecular complexity index is 1190. The molecule has 0 aliphatic rings. The summed E-state index contributed by atoms with van der Waals surface area (Å²) < 4.78 is 64.0. The van der Waals surface area contributed by atoms with E-state index in [0.29, 0.717) is 10.5 Å². The van der Waals surface area contributed by atoms with Crippen LogP contribution in [-0.4, -0.2) is 27.2 Å². The summed E-state index contributed by atoms with van der Waals surface area (Å²) in [6.07, 6.45) is 0.981. The van der Waals surface area contributed by atoms with Crippen LogP contribution in [0.4, 0.5) is 14.5 Å².